The first kappa shape index (κ1) is 20.6. The molecule has 1 N–H and O–H groups in total. The molecule has 0 saturated carbocycles. The molecule has 0 bridgehead atoms. The van der Waals surface area contributed by atoms with Crippen molar-refractivity contribution in [3.8, 4) is 0 Å². The van der Waals surface area contributed by atoms with Crippen molar-refractivity contribution >= 4 is 34.0 Å². The highest BCUT2D eigenvalue weighted by atomic mass is 35.5. The van der Waals surface area contributed by atoms with Crippen LogP contribution in [0.1, 0.15) is 29.2 Å². The molecular weight excluding hydrogens is 389 g/mol. The second kappa shape index (κ2) is 8.32. The van der Waals surface area contributed by atoms with E-state index in [1.54, 1.807) is 0 Å². The van der Waals surface area contributed by atoms with Crippen molar-refractivity contribution in [3.63, 3.8) is 0 Å². The van der Waals surface area contributed by atoms with Gasteiger partial charge in [-0.2, -0.15) is 18.2 Å². The Morgan fingerprint density at radius 3 is 2.69 bits per heavy atom. The highest BCUT2D eigenvalue weighted by Crippen LogP contribution is 2.33. The molecule has 1 atom stereocenters. The van der Waals surface area contributed by atoms with Crippen molar-refractivity contribution < 1.29 is 17.7 Å². The van der Waals surface area contributed by atoms with Gasteiger partial charge in [0, 0.05) is 25.3 Å². The molecule has 1 unspecified atom stereocenters. The molecule has 2 heterocycles. The Hall–Kier alpha value is -1.71. The van der Waals surface area contributed by atoms with E-state index in [9.17, 15) is 13.2 Å². The summed E-state index contributed by atoms with van der Waals surface area (Å²) in [5.74, 6) is 1.14. The molecule has 26 heavy (non-hydrogen) atoms. The smallest absolute Gasteiger partial charge is 0.339 e. The van der Waals surface area contributed by atoms with Crippen LogP contribution in [0.4, 0.5) is 13.2 Å². The lowest BCUT2D eigenvalue weighted by molar-refractivity contribution is -0.137. The molecule has 0 aliphatic rings. The number of fused-ring (bicyclic) bond motifs is 1. The molecule has 2 aromatic heterocycles. The molecule has 0 radical (unpaired) electrons. The van der Waals surface area contributed by atoms with Crippen LogP contribution in [0.25, 0.3) is 10.2 Å². The van der Waals surface area contributed by atoms with Gasteiger partial charge in [-0.3, -0.25) is 0 Å². The van der Waals surface area contributed by atoms with E-state index in [2.05, 4.69) is 20.4 Å². The number of benzene rings is 1. The van der Waals surface area contributed by atoms with Gasteiger partial charge in [0.2, 0.25) is 5.89 Å². The number of aryl methyl sites for hydroxylation is 2. The largest absolute Gasteiger partial charge is 0.416 e. The second-order valence-corrected chi connectivity index (χ2v) is 6.90. The van der Waals surface area contributed by atoms with Gasteiger partial charge < -0.3 is 9.84 Å². The van der Waals surface area contributed by atoms with Crippen LogP contribution < -0.4 is 5.32 Å². The third kappa shape index (κ3) is 4.93. The normalized spacial score (nSPS) is 13.0. The average molecular weight is 407 g/mol. The van der Waals surface area contributed by atoms with Crippen LogP contribution in [-0.2, 0) is 25.4 Å². The van der Waals surface area contributed by atoms with Crippen LogP contribution in [0, 0.1) is 0 Å². The summed E-state index contributed by atoms with van der Waals surface area (Å²) in [7, 11) is 1.86. The standard InChI is InChI=1S/C16H17F3N4OS.ClH/c1-9(20-2)7-13-22-14(24-23-13)5-6-15-21-11-8-10(16(17,18)19)3-4-12(11)25-15;/h3-4,8-9,20H,5-7H2,1-2H3;1H. The molecule has 0 amide bonds. The van der Waals surface area contributed by atoms with E-state index in [0.29, 0.717) is 36.5 Å². The molecule has 0 spiro atoms. The highest BCUT2D eigenvalue weighted by molar-refractivity contribution is 7.18. The van der Waals surface area contributed by atoms with Gasteiger partial charge in [0.25, 0.3) is 0 Å². The number of nitrogens with one attached hydrogen (secondary N) is 1. The van der Waals surface area contributed by atoms with Crippen molar-refractivity contribution in [1.29, 1.82) is 0 Å². The summed E-state index contributed by atoms with van der Waals surface area (Å²) in [5, 5.41) is 7.78. The number of rotatable bonds is 6. The highest BCUT2D eigenvalue weighted by Gasteiger charge is 2.30. The Bertz CT molecular complexity index is 865. The van der Waals surface area contributed by atoms with E-state index in [-0.39, 0.29) is 18.4 Å². The quantitative estimate of drug-likeness (QED) is 0.669. The van der Waals surface area contributed by atoms with E-state index >= 15 is 0 Å². The van der Waals surface area contributed by atoms with E-state index < -0.39 is 11.7 Å². The molecule has 142 valence electrons. The van der Waals surface area contributed by atoms with Gasteiger partial charge in [-0.15, -0.1) is 23.7 Å². The summed E-state index contributed by atoms with van der Waals surface area (Å²) in [5.41, 5.74) is -0.319. The molecule has 0 fully saturated rings. The molecule has 0 saturated heterocycles. The first-order valence-corrected chi connectivity index (χ1v) is 8.62. The van der Waals surface area contributed by atoms with Crippen molar-refractivity contribution in [1.82, 2.24) is 20.4 Å². The summed E-state index contributed by atoms with van der Waals surface area (Å²) in [4.78, 5) is 8.61. The maximum atomic E-state index is 12.8. The van der Waals surface area contributed by atoms with Crippen molar-refractivity contribution in [2.75, 3.05) is 7.05 Å². The minimum Gasteiger partial charge on any atom is -0.339 e. The Kier molecular flexibility index (Phi) is 6.59. The van der Waals surface area contributed by atoms with Crippen LogP contribution in [0.2, 0.25) is 0 Å². The van der Waals surface area contributed by atoms with Gasteiger partial charge in [0.05, 0.1) is 20.8 Å². The SMILES string of the molecule is CNC(C)Cc1noc(CCc2nc3cc(C(F)(F)F)ccc3s2)n1.Cl. The Balaban J connectivity index is 0.00000243. The van der Waals surface area contributed by atoms with Gasteiger partial charge in [-0.25, -0.2) is 4.98 Å². The van der Waals surface area contributed by atoms with E-state index in [1.807, 2.05) is 14.0 Å². The average Bonchev–Trinajstić information content (AvgIpc) is 3.17. The van der Waals surface area contributed by atoms with Crippen LogP contribution in [-0.4, -0.2) is 28.2 Å². The number of alkyl halides is 3. The van der Waals surface area contributed by atoms with Gasteiger partial charge in [0.15, 0.2) is 5.82 Å². The Labute approximate surface area is 158 Å². The van der Waals surface area contributed by atoms with Crippen LogP contribution in [0.5, 0.6) is 0 Å². The summed E-state index contributed by atoms with van der Waals surface area (Å²) < 4.78 is 44.2. The fourth-order valence-corrected chi connectivity index (χ4v) is 3.27. The monoisotopic (exact) mass is 406 g/mol. The van der Waals surface area contributed by atoms with Gasteiger partial charge >= 0.3 is 6.18 Å². The predicted octanol–water partition coefficient (Wildman–Crippen LogP) is 4.06. The summed E-state index contributed by atoms with van der Waals surface area (Å²) in [6.07, 6.45) is -2.64. The number of nitrogens with zero attached hydrogens (tertiary/aromatic N) is 3. The summed E-state index contributed by atoms with van der Waals surface area (Å²) in [6.45, 7) is 2.02. The lowest BCUT2D eigenvalue weighted by atomic mass is 10.2. The molecule has 0 aliphatic carbocycles. The molecule has 5 nitrogen and oxygen atoms in total. The molecular formula is C16H18ClF3N4OS. The zero-order valence-corrected chi connectivity index (χ0v) is 15.8. The number of likely N-dealkylation sites (N-methyl/N-ethyl adjacent to an activating group) is 1. The maximum absolute atomic E-state index is 12.8. The zero-order chi connectivity index (χ0) is 18.0. The van der Waals surface area contributed by atoms with Gasteiger partial charge in [-0.05, 0) is 32.2 Å². The molecule has 1 aromatic carbocycles. The lowest BCUT2D eigenvalue weighted by Gasteiger charge is -2.04. The van der Waals surface area contributed by atoms with Crippen molar-refractivity contribution in [2.45, 2.75) is 38.4 Å². The predicted molar refractivity (Wildman–Crippen MR) is 95.8 cm³/mol. The maximum Gasteiger partial charge on any atom is 0.416 e. The molecule has 0 aliphatic heterocycles. The van der Waals surface area contributed by atoms with Gasteiger partial charge in [0.1, 0.15) is 0 Å². The lowest BCUT2D eigenvalue weighted by Crippen LogP contribution is -2.24. The minimum atomic E-state index is -4.36. The number of aromatic nitrogens is 3. The Morgan fingerprint density at radius 1 is 1.23 bits per heavy atom. The minimum absolute atomic E-state index is 0. The van der Waals surface area contributed by atoms with Crippen LogP contribution in [0.3, 0.4) is 0 Å². The first-order valence-electron chi connectivity index (χ1n) is 7.80. The second-order valence-electron chi connectivity index (χ2n) is 5.79. The third-order valence-corrected chi connectivity index (χ3v) is 4.90. The molecule has 3 rings (SSSR count). The van der Waals surface area contributed by atoms with Crippen molar-refractivity contribution in [3.05, 3.63) is 40.5 Å². The zero-order valence-electron chi connectivity index (χ0n) is 14.1. The van der Waals surface area contributed by atoms with E-state index in [4.69, 9.17) is 4.52 Å². The number of hydrogen-bond donors (Lipinski definition) is 1. The number of thiazole rings is 1. The van der Waals surface area contributed by atoms with Crippen LogP contribution >= 0.6 is 23.7 Å². The fraction of sp³-hybridized carbons (Fsp3) is 0.438. The first-order chi connectivity index (χ1) is 11.8. The molecule has 10 heteroatoms. The Morgan fingerprint density at radius 2 is 2.00 bits per heavy atom. The number of halogens is 4. The number of hydrogen-bond acceptors (Lipinski definition) is 6. The van der Waals surface area contributed by atoms with E-state index in [0.717, 1.165) is 21.8 Å². The topological polar surface area (TPSA) is 63.8 Å². The van der Waals surface area contributed by atoms with Crippen LogP contribution in [0.15, 0.2) is 22.7 Å². The molecule has 3 aromatic rings. The van der Waals surface area contributed by atoms with Crippen molar-refractivity contribution in [2.24, 2.45) is 0 Å². The van der Waals surface area contributed by atoms with E-state index in [1.165, 1.54) is 17.4 Å². The summed E-state index contributed by atoms with van der Waals surface area (Å²) >= 11 is 1.38. The fourth-order valence-electron chi connectivity index (χ4n) is 2.32. The van der Waals surface area contributed by atoms with Gasteiger partial charge in [-0.1, -0.05) is 5.16 Å². The third-order valence-electron chi connectivity index (χ3n) is 3.80. The summed E-state index contributed by atoms with van der Waals surface area (Å²) in [6, 6.07) is 3.87.